The van der Waals surface area contributed by atoms with E-state index in [1.165, 1.54) is 40.5 Å². The Hall–Kier alpha value is -4.24. The smallest absolute Gasteiger partial charge is 0.125 e. The standard InChI is InChI=1S/C33H25F2N/c1-33(2)30-12-5-3-11-28(30)29-19-18-26(21-31(29)33)36(25-9-7-8-24(35)20-25)32-13-6-4-10-27(32)22-14-16-23(34)17-15-22/h3-21H,1-2H3. The van der Waals surface area contributed by atoms with E-state index in [-0.39, 0.29) is 17.0 Å². The third-order valence-corrected chi connectivity index (χ3v) is 7.19. The zero-order chi connectivity index (χ0) is 24.9. The molecule has 0 N–H and O–H groups in total. The lowest BCUT2D eigenvalue weighted by Crippen LogP contribution is -2.17. The summed E-state index contributed by atoms with van der Waals surface area (Å²) in [7, 11) is 0. The molecule has 1 nitrogen and oxygen atoms in total. The molecular weight excluding hydrogens is 448 g/mol. The van der Waals surface area contributed by atoms with Gasteiger partial charge in [-0.2, -0.15) is 0 Å². The highest BCUT2D eigenvalue weighted by Gasteiger charge is 2.35. The van der Waals surface area contributed by atoms with Gasteiger partial charge in [0.1, 0.15) is 11.6 Å². The summed E-state index contributed by atoms with van der Waals surface area (Å²) < 4.78 is 28.2. The van der Waals surface area contributed by atoms with Crippen molar-refractivity contribution in [2.75, 3.05) is 4.90 Å². The maximum absolute atomic E-state index is 14.5. The molecule has 0 saturated heterocycles. The van der Waals surface area contributed by atoms with Crippen LogP contribution in [0.2, 0.25) is 0 Å². The molecule has 3 heteroatoms. The molecule has 0 atom stereocenters. The summed E-state index contributed by atoms with van der Waals surface area (Å²) in [6.45, 7) is 4.50. The van der Waals surface area contributed by atoms with Gasteiger partial charge in [0.25, 0.3) is 0 Å². The van der Waals surface area contributed by atoms with Crippen molar-refractivity contribution in [3.05, 3.63) is 138 Å². The molecule has 5 aromatic carbocycles. The number of nitrogens with zero attached hydrogens (tertiary/aromatic N) is 1. The first-order valence-corrected chi connectivity index (χ1v) is 12.1. The van der Waals surface area contributed by atoms with Crippen molar-refractivity contribution in [1.29, 1.82) is 0 Å². The van der Waals surface area contributed by atoms with Gasteiger partial charge in [0.15, 0.2) is 0 Å². The predicted octanol–water partition coefficient (Wildman–Crippen LogP) is 9.41. The number of fused-ring (bicyclic) bond motifs is 3. The predicted molar refractivity (Wildman–Crippen MR) is 144 cm³/mol. The molecule has 0 spiro atoms. The first-order chi connectivity index (χ1) is 17.4. The highest BCUT2D eigenvalue weighted by molar-refractivity contribution is 5.90. The second-order valence-corrected chi connectivity index (χ2v) is 9.74. The number of hydrogen-bond donors (Lipinski definition) is 0. The fraction of sp³-hybridized carbons (Fsp3) is 0.0909. The molecule has 176 valence electrons. The Labute approximate surface area is 210 Å². The molecule has 0 aromatic heterocycles. The molecule has 0 radical (unpaired) electrons. The molecule has 0 bridgehead atoms. The summed E-state index contributed by atoms with van der Waals surface area (Å²) in [6.07, 6.45) is 0. The van der Waals surface area contributed by atoms with Crippen molar-refractivity contribution < 1.29 is 8.78 Å². The molecule has 0 amide bonds. The van der Waals surface area contributed by atoms with Crippen LogP contribution in [-0.4, -0.2) is 0 Å². The van der Waals surface area contributed by atoms with Gasteiger partial charge in [0.05, 0.1) is 5.69 Å². The van der Waals surface area contributed by atoms with Gasteiger partial charge in [0, 0.05) is 22.4 Å². The molecule has 1 aliphatic rings. The number of halogens is 2. The highest BCUT2D eigenvalue weighted by Crippen LogP contribution is 2.51. The van der Waals surface area contributed by atoms with Gasteiger partial charge in [0.2, 0.25) is 0 Å². The largest absolute Gasteiger partial charge is 0.310 e. The Morgan fingerprint density at radius 3 is 1.97 bits per heavy atom. The van der Waals surface area contributed by atoms with Crippen LogP contribution in [0, 0.1) is 11.6 Å². The Bertz CT molecular complexity index is 1580. The topological polar surface area (TPSA) is 3.24 Å². The summed E-state index contributed by atoms with van der Waals surface area (Å²) in [5.74, 6) is -0.579. The van der Waals surface area contributed by atoms with Crippen molar-refractivity contribution >= 4 is 17.1 Å². The van der Waals surface area contributed by atoms with Crippen LogP contribution < -0.4 is 4.90 Å². The molecule has 0 heterocycles. The molecule has 0 fully saturated rings. The quantitative estimate of drug-likeness (QED) is 0.251. The van der Waals surface area contributed by atoms with Crippen LogP contribution in [0.25, 0.3) is 22.3 Å². The third kappa shape index (κ3) is 3.59. The number of benzene rings is 5. The van der Waals surface area contributed by atoms with Crippen molar-refractivity contribution in [2.45, 2.75) is 19.3 Å². The van der Waals surface area contributed by atoms with E-state index in [4.69, 9.17) is 0 Å². The maximum Gasteiger partial charge on any atom is 0.125 e. The zero-order valence-corrected chi connectivity index (χ0v) is 20.2. The molecule has 36 heavy (non-hydrogen) atoms. The van der Waals surface area contributed by atoms with E-state index in [1.54, 1.807) is 24.3 Å². The molecule has 6 rings (SSSR count). The number of rotatable bonds is 4. The summed E-state index contributed by atoms with van der Waals surface area (Å²) in [5.41, 5.74) is 9.25. The lowest BCUT2D eigenvalue weighted by atomic mass is 9.82. The van der Waals surface area contributed by atoms with Crippen LogP contribution >= 0.6 is 0 Å². The minimum atomic E-state index is -0.300. The van der Waals surface area contributed by atoms with Crippen LogP contribution in [-0.2, 0) is 5.41 Å². The average molecular weight is 474 g/mol. The Kier molecular flexibility index (Phi) is 5.22. The Balaban J connectivity index is 1.57. The van der Waals surface area contributed by atoms with E-state index in [2.05, 4.69) is 61.2 Å². The monoisotopic (exact) mass is 473 g/mol. The maximum atomic E-state index is 14.5. The normalized spacial score (nSPS) is 13.2. The van der Waals surface area contributed by atoms with E-state index in [0.29, 0.717) is 0 Å². The van der Waals surface area contributed by atoms with E-state index >= 15 is 0 Å². The molecule has 0 saturated carbocycles. The summed E-state index contributed by atoms with van der Waals surface area (Å²) in [5, 5.41) is 0. The summed E-state index contributed by atoms with van der Waals surface area (Å²) in [4.78, 5) is 2.08. The van der Waals surface area contributed by atoms with E-state index in [9.17, 15) is 8.78 Å². The number of para-hydroxylation sites is 1. The molecule has 5 aromatic rings. The van der Waals surface area contributed by atoms with Crippen LogP contribution in [0.15, 0.2) is 115 Å². The lowest BCUT2D eigenvalue weighted by Gasteiger charge is -2.29. The molecule has 0 unspecified atom stereocenters. The third-order valence-electron chi connectivity index (χ3n) is 7.19. The van der Waals surface area contributed by atoms with Crippen LogP contribution in [0.5, 0.6) is 0 Å². The fourth-order valence-corrected chi connectivity index (χ4v) is 5.42. The van der Waals surface area contributed by atoms with Crippen molar-refractivity contribution in [3.8, 4) is 22.3 Å². The minimum Gasteiger partial charge on any atom is -0.310 e. The van der Waals surface area contributed by atoms with Crippen LogP contribution in [0.1, 0.15) is 25.0 Å². The van der Waals surface area contributed by atoms with E-state index in [1.807, 2.05) is 30.3 Å². The Morgan fingerprint density at radius 2 is 1.19 bits per heavy atom. The minimum absolute atomic E-state index is 0.161. The Morgan fingerprint density at radius 1 is 0.528 bits per heavy atom. The van der Waals surface area contributed by atoms with E-state index in [0.717, 1.165) is 28.2 Å². The molecular formula is C33H25F2N. The van der Waals surface area contributed by atoms with Gasteiger partial charge in [-0.25, -0.2) is 8.78 Å². The number of hydrogen-bond acceptors (Lipinski definition) is 1. The second-order valence-electron chi connectivity index (χ2n) is 9.74. The summed E-state index contributed by atoms with van der Waals surface area (Å²) in [6, 6.07) is 36.2. The van der Waals surface area contributed by atoms with Crippen LogP contribution in [0.4, 0.5) is 25.8 Å². The molecule has 0 aliphatic heterocycles. The van der Waals surface area contributed by atoms with Crippen molar-refractivity contribution in [3.63, 3.8) is 0 Å². The van der Waals surface area contributed by atoms with Gasteiger partial charge < -0.3 is 4.90 Å². The van der Waals surface area contributed by atoms with Crippen molar-refractivity contribution in [2.24, 2.45) is 0 Å². The zero-order valence-electron chi connectivity index (χ0n) is 20.2. The van der Waals surface area contributed by atoms with Gasteiger partial charge in [-0.1, -0.05) is 80.6 Å². The molecule has 1 aliphatic carbocycles. The lowest BCUT2D eigenvalue weighted by molar-refractivity contribution is 0.627. The van der Waals surface area contributed by atoms with Crippen molar-refractivity contribution in [1.82, 2.24) is 0 Å². The SMILES string of the molecule is CC1(C)c2ccccc2-c2ccc(N(c3cccc(F)c3)c3ccccc3-c3ccc(F)cc3)cc21. The summed E-state index contributed by atoms with van der Waals surface area (Å²) >= 11 is 0. The van der Waals surface area contributed by atoms with Gasteiger partial charge in [-0.3, -0.25) is 0 Å². The first-order valence-electron chi connectivity index (χ1n) is 12.1. The van der Waals surface area contributed by atoms with Gasteiger partial charge in [-0.05, 0) is 76.3 Å². The van der Waals surface area contributed by atoms with Gasteiger partial charge in [-0.15, -0.1) is 0 Å². The first kappa shape index (κ1) is 22.2. The van der Waals surface area contributed by atoms with Crippen LogP contribution in [0.3, 0.4) is 0 Å². The van der Waals surface area contributed by atoms with Gasteiger partial charge >= 0.3 is 0 Å². The van der Waals surface area contributed by atoms with E-state index < -0.39 is 0 Å². The highest BCUT2D eigenvalue weighted by atomic mass is 19.1. The number of anilines is 3. The second kappa shape index (κ2) is 8.46. The average Bonchev–Trinajstić information content (AvgIpc) is 3.12. The fourth-order valence-electron chi connectivity index (χ4n) is 5.42.